The van der Waals surface area contributed by atoms with Gasteiger partial charge in [0.2, 0.25) is 0 Å². The summed E-state index contributed by atoms with van der Waals surface area (Å²) in [5, 5.41) is 13.2. The van der Waals surface area contributed by atoms with Crippen molar-refractivity contribution in [2.45, 2.75) is 19.8 Å². The minimum atomic E-state index is -1.04. The fourth-order valence-electron chi connectivity index (χ4n) is 1.69. The number of carboxylic acid groups (broad SMARTS) is 1. The highest BCUT2D eigenvalue weighted by atomic mass is 16.4. The number of aromatic carboxylic acids is 1. The molecule has 0 spiro atoms. The first kappa shape index (κ1) is 12.3. The zero-order chi connectivity index (χ0) is 13.1. The quantitative estimate of drug-likeness (QED) is 0.871. The van der Waals surface area contributed by atoms with E-state index in [2.05, 4.69) is 17.0 Å². The summed E-state index contributed by atoms with van der Waals surface area (Å²) >= 11 is 0. The zero-order valence-corrected chi connectivity index (χ0v) is 10.5. The molecule has 6 nitrogen and oxygen atoms in total. The van der Waals surface area contributed by atoms with Gasteiger partial charge in [-0.15, -0.1) is 5.10 Å². The molecule has 0 bridgehead atoms. The normalized spacial score (nSPS) is 10.8. The Morgan fingerprint density at radius 1 is 1.50 bits per heavy atom. The van der Waals surface area contributed by atoms with Crippen molar-refractivity contribution in [3.05, 3.63) is 24.0 Å². The minimum absolute atomic E-state index is 0.0101. The van der Waals surface area contributed by atoms with Crippen LogP contribution in [-0.4, -0.2) is 39.3 Å². The van der Waals surface area contributed by atoms with Crippen molar-refractivity contribution in [1.29, 1.82) is 0 Å². The Hall–Kier alpha value is -2.11. The van der Waals surface area contributed by atoms with E-state index in [4.69, 9.17) is 5.11 Å². The number of imidazole rings is 1. The molecule has 2 aromatic rings. The third-order valence-corrected chi connectivity index (χ3v) is 2.76. The molecule has 0 unspecified atom stereocenters. The van der Waals surface area contributed by atoms with Crippen molar-refractivity contribution >= 4 is 17.4 Å². The molecular weight excluding hydrogens is 232 g/mol. The number of carboxylic acids is 1. The first-order chi connectivity index (χ1) is 8.61. The molecule has 0 saturated carbocycles. The number of nitrogens with zero attached hydrogens (tertiary/aromatic N) is 4. The van der Waals surface area contributed by atoms with E-state index in [9.17, 15) is 4.79 Å². The van der Waals surface area contributed by atoms with Gasteiger partial charge in [0, 0.05) is 13.6 Å². The number of anilines is 1. The topological polar surface area (TPSA) is 70.7 Å². The number of carbonyl (C=O) groups is 1. The second-order valence-electron chi connectivity index (χ2n) is 4.20. The predicted molar refractivity (Wildman–Crippen MR) is 68.1 cm³/mol. The van der Waals surface area contributed by atoms with Crippen LogP contribution in [0.3, 0.4) is 0 Å². The van der Waals surface area contributed by atoms with Gasteiger partial charge in [0.15, 0.2) is 11.3 Å². The summed E-state index contributed by atoms with van der Waals surface area (Å²) in [7, 11) is 1.97. The number of hydrogen-bond acceptors (Lipinski definition) is 4. The Morgan fingerprint density at radius 2 is 2.28 bits per heavy atom. The van der Waals surface area contributed by atoms with Crippen molar-refractivity contribution in [3.8, 4) is 0 Å². The molecule has 0 aliphatic rings. The minimum Gasteiger partial charge on any atom is -0.476 e. The molecule has 18 heavy (non-hydrogen) atoms. The second-order valence-corrected chi connectivity index (χ2v) is 4.20. The second kappa shape index (κ2) is 5.03. The fraction of sp³-hybridized carbons (Fsp3) is 0.417. The molecule has 0 atom stereocenters. The smallest absolute Gasteiger partial charge is 0.356 e. The average molecular weight is 248 g/mol. The Balaban J connectivity index is 2.29. The molecule has 0 saturated heterocycles. The lowest BCUT2D eigenvalue weighted by molar-refractivity contribution is 0.0691. The van der Waals surface area contributed by atoms with Gasteiger partial charge in [0.05, 0.1) is 6.20 Å². The zero-order valence-electron chi connectivity index (χ0n) is 10.5. The number of aromatic nitrogens is 3. The molecule has 2 heterocycles. The third kappa shape index (κ3) is 2.42. The van der Waals surface area contributed by atoms with Crippen LogP contribution in [0.25, 0.3) is 5.65 Å². The van der Waals surface area contributed by atoms with Crippen LogP contribution in [0.5, 0.6) is 0 Å². The molecule has 0 aromatic carbocycles. The summed E-state index contributed by atoms with van der Waals surface area (Å²) < 4.78 is 1.50. The fourth-order valence-corrected chi connectivity index (χ4v) is 1.69. The van der Waals surface area contributed by atoms with Gasteiger partial charge in [-0.25, -0.2) is 14.3 Å². The van der Waals surface area contributed by atoms with Gasteiger partial charge in [-0.3, -0.25) is 0 Å². The predicted octanol–water partition coefficient (Wildman–Crippen LogP) is 1.66. The lowest BCUT2D eigenvalue weighted by Crippen LogP contribution is -2.20. The molecule has 0 fully saturated rings. The van der Waals surface area contributed by atoms with Crippen LogP contribution in [-0.2, 0) is 0 Å². The van der Waals surface area contributed by atoms with Gasteiger partial charge in [-0.2, -0.15) is 0 Å². The van der Waals surface area contributed by atoms with Crippen molar-refractivity contribution in [3.63, 3.8) is 0 Å². The van der Waals surface area contributed by atoms with Crippen LogP contribution in [0.4, 0.5) is 5.82 Å². The van der Waals surface area contributed by atoms with Crippen LogP contribution < -0.4 is 4.90 Å². The van der Waals surface area contributed by atoms with E-state index < -0.39 is 5.97 Å². The van der Waals surface area contributed by atoms with E-state index in [1.807, 2.05) is 18.0 Å². The average Bonchev–Trinajstić information content (AvgIpc) is 2.78. The maximum Gasteiger partial charge on any atom is 0.356 e. The van der Waals surface area contributed by atoms with Crippen molar-refractivity contribution in [2.24, 2.45) is 0 Å². The summed E-state index contributed by atoms with van der Waals surface area (Å²) in [4.78, 5) is 16.8. The molecule has 6 heteroatoms. The van der Waals surface area contributed by atoms with Crippen LogP contribution in [0.15, 0.2) is 18.3 Å². The van der Waals surface area contributed by atoms with E-state index in [1.165, 1.54) is 10.7 Å². The van der Waals surface area contributed by atoms with Crippen LogP contribution in [0, 0.1) is 0 Å². The van der Waals surface area contributed by atoms with Gasteiger partial charge in [0.1, 0.15) is 5.82 Å². The molecule has 0 radical (unpaired) electrons. The Kier molecular flexibility index (Phi) is 3.45. The van der Waals surface area contributed by atoms with Crippen LogP contribution >= 0.6 is 0 Å². The molecule has 96 valence electrons. The van der Waals surface area contributed by atoms with E-state index in [-0.39, 0.29) is 5.69 Å². The number of unbranched alkanes of at least 4 members (excludes halogenated alkanes) is 1. The first-order valence-corrected chi connectivity index (χ1v) is 5.92. The van der Waals surface area contributed by atoms with Gasteiger partial charge in [-0.1, -0.05) is 13.3 Å². The Bertz CT molecular complexity index is 564. The van der Waals surface area contributed by atoms with Gasteiger partial charge >= 0.3 is 5.97 Å². The Labute approximate surface area is 105 Å². The summed E-state index contributed by atoms with van der Waals surface area (Å²) in [5.74, 6) is -0.230. The van der Waals surface area contributed by atoms with Crippen molar-refractivity contribution < 1.29 is 9.90 Å². The van der Waals surface area contributed by atoms with Gasteiger partial charge in [-0.05, 0) is 18.6 Å². The molecule has 2 aromatic heterocycles. The monoisotopic (exact) mass is 248 g/mol. The maximum atomic E-state index is 10.8. The molecule has 2 rings (SSSR count). The van der Waals surface area contributed by atoms with E-state index in [1.54, 1.807) is 6.07 Å². The summed E-state index contributed by atoms with van der Waals surface area (Å²) in [6.07, 6.45) is 3.65. The van der Waals surface area contributed by atoms with E-state index >= 15 is 0 Å². The standard InChI is InChI=1S/C12H16N4O2/c1-3-4-7-15(2)11-6-5-10-13-9(12(17)18)8-16(10)14-11/h5-6,8H,3-4,7H2,1-2H3,(H,17,18). The van der Waals surface area contributed by atoms with Crippen molar-refractivity contribution in [2.75, 3.05) is 18.5 Å². The molecule has 1 N–H and O–H groups in total. The number of hydrogen-bond donors (Lipinski definition) is 1. The van der Waals surface area contributed by atoms with Gasteiger partial charge in [0.25, 0.3) is 0 Å². The number of fused-ring (bicyclic) bond motifs is 1. The molecule has 0 aliphatic carbocycles. The third-order valence-electron chi connectivity index (χ3n) is 2.76. The maximum absolute atomic E-state index is 10.8. The SMILES string of the molecule is CCCCN(C)c1ccc2nc(C(=O)O)cn2n1. The molecular formula is C12H16N4O2. The Morgan fingerprint density at radius 3 is 2.94 bits per heavy atom. The van der Waals surface area contributed by atoms with Crippen LogP contribution in [0.2, 0.25) is 0 Å². The molecule has 0 aliphatic heterocycles. The summed E-state index contributed by atoms with van der Waals surface area (Å²) in [6, 6.07) is 3.63. The van der Waals surface area contributed by atoms with E-state index in [0.717, 1.165) is 25.2 Å². The van der Waals surface area contributed by atoms with Gasteiger partial charge < -0.3 is 10.0 Å². The number of rotatable bonds is 5. The molecule has 0 amide bonds. The summed E-state index contributed by atoms with van der Waals surface area (Å²) in [6.45, 7) is 3.06. The first-order valence-electron chi connectivity index (χ1n) is 5.92. The summed E-state index contributed by atoms with van der Waals surface area (Å²) in [5.41, 5.74) is 0.552. The highest BCUT2D eigenvalue weighted by Crippen LogP contribution is 2.12. The van der Waals surface area contributed by atoms with Crippen molar-refractivity contribution in [1.82, 2.24) is 14.6 Å². The lowest BCUT2D eigenvalue weighted by atomic mass is 10.3. The lowest BCUT2D eigenvalue weighted by Gasteiger charge is -2.17. The largest absolute Gasteiger partial charge is 0.476 e. The van der Waals surface area contributed by atoms with E-state index in [0.29, 0.717) is 5.65 Å². The highest BCUT2D eigenvalue weighted by Gasteiger charge is 2.10. The highest BCUT2D eigenvalue weighted by molar-refractivity contribution is 5.86. The van der Waals surface area contributed by atoms with Crippen LogP contribution in [0.1, 0.15) is 30.3 Å².